The third-order valence-corrected chi connectivity index (χ3v) is 5.49. The summed E-state index contributed by atoms with van der Waals surface area (Å²) in [5.74, 6) is 1.45. The molecule has 1 aromatic heterocycles. The van der Waals surface area contributed by atoms with Crippen LogP contribution in [-0.2, 0) is 6.42 Å². The Morgan fingerprint density at radius 1 is 1.24 bits per heavy atom. The third-order valence-electron chi connectivity index (χ3n) is 5.49. The second kappa shape index (κ2) is 8.19. The van der Waals surface area contributed by atoms with Crippen LogP contribution in [0.3, 0.4) is 0 Å². The van der Waals surface area contributed by atoms with Crippen molar-refractivity contribution in [3.05, 3.63) is 53.0 Å². The highest BCUT2D eigenvalue weighted by atomic mass is 16.2. The molecule has 0 radical (unpaired) electrons. The van der Waals surface area contributed by atoms with Crippen LogP contribution in [0.25, 0.3) is 0 Å². The molecule has 2 aliphatic heterocycles. The zero-order valence-corrected chi connectivity index (χ0v) is 16.9. The lowest BCUT2D eigenvalue weighted by Gasteiger charge is -2.34. The fourth-order valence-corrected chi connectivity index (χ4v) is 3.92. The smallest absolute Gasteiger partial charge is 0.270 e. The largest absolute Gasteiger partial charge is 0.365 e. The molecular weight excluding hydrogens is 366 g/mol. The molecule has 0 bridgehead atoms. The monoisotopic (exact) mass is 393 g/mol. The molecule has 29 heavy (non-hydrogen) atoms. The number of carbonyl (C=O) groups excluding carboxylic acids is 2. The summed E-state index contributed by atoms with van der Waals surface area (Å²) in [6, 6.07) is 9.50. The summed E-state index contributed by atoms with van der Waals surface area (Å²) in [6.45, 7) is 6.01. The maximum Gasteiger partial charge on any atom is 0.270 e. The van der Waals surface area contributed by atoms with E-state index in [1.54, 1.807) is 0 Å². The van der Waals surface area contributed by atoms with E-state index in [0.29, 0.717) is 36.6 Å². The Morgan fingerprint density at radius 3 is 2.79 bits per heavy atom. The molecule has 1 atom stereocenters. The number of likely N-dealkylation sites (tertiary alicyclic amines) is 1. The van der Waals surface area contributed by atoms with E-state index in [4.69, 9.17) is 4.98 Å². The lowest BCUT2D eigenvalue weighted by atomic mass is 10.0. The number of amides is 2. The van der Waals surface area contributed by atoms with Crippen LogP contribution in [-0.4, -0.2) is 52.4 Å². The topological polar surface area (TPSA) is 87.2 Å². The van der Waals surface area contributed by atoms with Gasteiger partial charge in [0.25, 0.3) is 11.8 Å². The molecular formula is C22H27N5O2. The van der Waals surface area contributed by atoms with Gasteiger partial charge in [-0.25, -0.2) is 9.97 Å². The highest BCUT2D eigenvalue weighted by Gasteiger charge is 2.28. The molecule has 1 saturated heterocycles. The van der Waals surface area contributed by atoms with Gasteiger partial charge in [-0.05, 0) is 31.4 Å². The summed E-state index contributed by atoms with van der Waals surface area (Å²) in [4.78, 5) is 36.3. The molecule has 2 aliphatic rings. The molecule has 2 N–H and O–H groups in total. The minimum absolute atomic E-state index is 0.0593. The highest BCUT2D eigenvalue weighted by molar-refractivity contribution is 5.96. The molecule has 0 saturated carbocycles. The molecule has 7 nitrogen and oxygen atoms in total. The van der Waals surface area contributed by atoms with E-state index in [1.165, 1.54) is 0 Å². The molecule has 152 valence electrons. The predicted molar refractivity (Wildman–Crippen MR) is 111 cm³/mol. The molecule has 0 aliphatic carbocycles. The van der Waals surface area contributed by atoms with E-state index in [-0.39, 0.29) is 23.8 Å². The summed E-state index contributed by atoms with van der Waals surface area (Å²) >= 11 is 0. The molecule has 1 fully saturated rings. The first-order valence-corrected chi connectivity index (χ1v) is 10.3. The Hall–Kier alpha value is -2.96. The molecule has 3 heterocycles. The van der Waals surface area contributed by atoms with Crippen molar-refractivity contribution < 1.29 is 9.59 Å². The van der Waals surface area contributed by atoms with Gasteiger partial charge >= 0.3 is 0 Å². The number of hydrogen-bond acceptors (Lipinski definition) is 5. The van der Waals surface area contributed by atoms with Gasteiger partial charge in [-0.3, -0.25) is 9.59 Å². The second-order valence-corrected chi connectivity index (χ2v) is 8.02. The molecule has 2 amide bonds. The number of carbonyl (C=O) groups is 2. The fraction of sp³-hybridized carbons (Fsp3) is 0.455. The van der Waals surface area contributed by atoms with E-state index < -0.39 is 0 Å². The van der Waals surface area contributed by atoms with Gasteiger partial charge in [-0.1, -0.05) is 32.0 Å². The van der Waals surface area contributed by atoms with Gasteiger partial charge in [0.15, 0.2) is 0 Å². The van der Waals surface area contributed by atoms with Gasteiger partial charge < -0.3 is 15.5 Å². The van der Waals surface area contributed by atoms with Gasteiger partial charge in [0.1, 0.15) is 17.3 Å². The van der Waals surface area contributed by atoms with E-state index in [0.717, 1.165) is 30.8 Å². The zero-order valence-electron chi connectivity index (χ0n) is 16.9. The number of benzene rings is 1. The number of piperidine rings is 1. The quantitative estimate of drug-likeness (QED) is 0.834. The van der Waals surface area contributed by atoms with Gasteiger partial charge in [-0.15, -0.1) is 0 Å². The van der Waals surface area contributed by atoms with Gasteiger partial charge in [0.05, 0.1) is 0 Å². The maximum atomic E-state index is 12.8. The van der Waals surface area contributed by atoms with E-state index in [2.05, 4.69) is 15.6 Å². The lowest BCUT2D eigenvalue weighted by Crippen LogP contribution is -2.45. The normalized spacial score (nSPS) is 18.9. The zero-order chi connectivity index (χ0) is 20.4. The van der Waals surface area contributed by atoms with Crippen molar-refractivity contribution in [1.82, 2.24) is 20.2 Å². The standard InChI is InChI=1S/C22H27N5O2/c1-14(2)19-25-18-17(10-11-23-21(18)28)20(26-19)24-16-9-6-12-27(13-16)22(29)15-7-4-3-5-8-15/h3-5,7-8,14,16H,6,9-13H2,1-2H3,(H,23,28)(H,24,25,26). The number of hydrogen-bond donors (Lipinski definition) is 2. The Balaban J connectivity index is 1.56. The average Bonchev–Trinajstić information content (AvgIpc) is 2.74. The van der Waals surface area contributed by atoms with Gasteiger partial charge in [-0.2, -0.15) is 0 Å². The molecule has 7 heteroatoms. The van der Waals surface area contributed by atoms with Gasteiger partial charge in [0.2, 0.25) is 0 Å². The van der Waals surface area contributed by atoms with Crippen molar-refractivity contribution in [1.29, 1.82) is 0 Å². The number of aromatic nitrogens is 2. The van der Waals surface area contributed by atoms with Crippen LogP contribution in [0.2, 0.25) is 0 Å². The molecule has 4 rings (SSSR count). The Labute approximate surface area is 170 Å². The number of rotatable bonds is 4. The van der Waals surface area contributed by atoms with Crippen LogP contribution in [0.5, 0.6) is 0 Å². The Bertz CT molecular complexity index is 913. The van der Waals surface area contributed by atoms with E-state index in [1.807, 2.05) is 49.1 Å². The van der Waals surface area contributed by atoms with Crippen LogP contribution in [0.1, 0.15) is 64.8 Å². The number of nitrogens with zero attached hydrogens (tertiary/aromatic N) is 3. The first-order valence-electron chi connectivity index (χ1n) is 10.3. The van der Waals surface area contributed by atoms with Crippen molar-refractivity contribution in [2.24, 2.45) is 0 Å². The summed E-state index contributed by atoms with van der Waals surface area (Å²) in [5.41, 5.74) is 2.07. The first kappa shape index (κ1) is 19.4. The number of fused-ring (bicyclic) bond motifs is 1. The SMILES string of the molecule is CC(C)c1nc(NC2CCCN(C(=O)c3ccccc3)C2)c2c(n1)C(=O)NCC2. The van der Waals surface area contributed by atoms with Crippen molar-refractivity contribution in [2.75, 3.05) is 25.0 Å². The average molecular weight is 393 g/mol. The minimum atomic E-state index is -0.136. The Morgan fingerprint density at radius 2 is 2.03 bits per heavy atom. The van der Waals surface area contributed by atoms with Gasteiger partial charge in [0, 0.05) is 42.7 Å². The molecule has 1 unspecified atom stereocenters. The third kappa shape index (κ3) is 4.09. The summed E-state index contributed by atoms with van der Waals surface area (Å²) in [7, 11) is 0. The van der Waals surface area contributed by atoms with Crippen LogP contribution in [0, 0.1) is 0 Å². The Kier molecular flexibility index (Phi) is 5.47. The highest BCUT2D eigenvalue weighted by Crippen LogP contribution is 2.25. The summed E-state index contributed by atoms with van der Waals surface area (Å²) in [6.07, 6.45) is 2.60. The van der Waals surface area contributed by atoms with Crippen LogP contribution >= 0.6 is 0 Å². The molecule has 1 aromatic carbocycles. The lowest BCUT2D eigenvalue weighted by molar-refractivity contribution is 0.0714. The van der Waals surface area contributed by atoms with Crippen LogP contribution < -0.4 is 10.6 Å². The molecule has 2 aromatic rings. The van der Waals surface area contributed by atoms with Crippen molar-refractivity contribution in [2.45, 2.75) is 45.1 Å². The predicted octanol–water partition coefficient (Wildman–Crippen LogP) is 2.60. The number of nitrogens with one attached hydrogen (secondary N) is 2. The van der Waals surface area contributed by atoms with Crippen LogP contribution in [0.4, 0.5) is 5.82 Å². The minimum Gasteiger partial charge on any atom is -0.365 e. The van der Waals surface area contributed by atoms with E-state index >= 15 is 0 Å². The summed E-state index contributed by atoms with van der Waals surface area (Å²) < 4.78 is 0. The summed E-state index contributed by atoms with van der Waals surface area (Å²) in [5, 5.41) is 6.40. The molecule has 0 spiro atoms. The van der Waals surface area contributed by atoms with Crippen molar-refractivity contribution in [3.8, 4) is 0 Å². The maximum absolute atomic E-state index is 12.8. The second-order valence-electron chi connectivity index (χ2n) is 8.02. The van der Waals surface area contributed by atoms with Crippen molar-refractivity contribution >= 4 is 17.6 Å². The van der Waals surface area contributed by atoms with E-state index in [9.17, 15) is 9.59 Å². The number of anilines is 1. The first-order chi connectivity index (χ1) is 14.0. The van der Waals surface area contributed by atoms with Crippen LogP contribution in [0.15, 0.2) is 30.3 Å². The van der Waals surface area contributed by atoms with Crippen molar-refractivity contribution in [3.63, 3.8) is 0 Å². The fourth-order valence-electron chi connectivity index (χ4n) is 3.92.